The van der Waals surface area contributed by atoms with E-state index in [0.29, 0.717) is 35.0 Å². The number of hydrogen-bond donors (Lipinski definition) is 1. The highest BCUT2D eigenvalue weighted by Gasteiger charge is 2.27. The molecule has 1 unspecified atom stereocenters. The molecule has 0 spiro atoms. The molecule has 2 aromatic carbocycles. The molecule has 1 N–H and O–H groups in total. The van der Waals surface area contributed by atoms with E-state index in [0.717, 1.165) is 11.1 Å². The zero-order chi connectivity index (χ0) is 20.2. The minimum absolute atomic E-state index is 0.232. The molecule has 1 aromatic heterocycles. The lowest BCUT2D eigenvalue weighted by molar-refractivity contribution is -0.116. The largest absolute Gasteiger partial charge is 0.487 e. The molecule has 1 amide bonds. The molecule has 2 heterocycles. The van der Waals surface area contributed by atoms with E-state index in [-0.39, 0.29) is 17.8 Å². The van der Waals surface area contributed by atoms with E-state index in [1.807, 2.05) is 6.07 Å². The first-order valence-electron chi connectivity index (χ1n) is 9.06. The van der Waals surface area contributed by atoms with Crippen LogP contribution in [0.2, 0.25) is 5.02 Å². The minimum atomic E-state index is -0.375. The molecule has 0 fully saturated rings. The lowest BCUT2D eigenvalue weighted by Gasteiger charge is -2.12. The fourth-order valence-corrected chi connectivity index (χ4v) is 3.43. The third kappa shape index (κ3) is 4.43. The molecule has 5 nitrogen and oxygen atoms in total. The molecule has 0 saturated heterocycles. The SMILES string of the molecule is O=C(C=Cc1ccccc1F)NCC1Cc2cc(Cl)cc(-c3cnccn3)c2O1. The molecule has 0 bridgehead atoms. The van der Waals surface area contributed by atoms with Crippen molar-refractivity contribution in [2.45, 2.75) is 12.5 Å². The predicted octanol–water partition coefficient (Wildman–Crippen LogP) is 4.07. The van der Waals surface area contributed by atoms with E-state index in [9.17, 15) is 9.18 Å². The number of amides is 1. The normalized spacial score (nSPS) is 15.2. The Hall–Kier alpha value is -3.25. The molecule has 0 saturated carbocycles. The van der Waals surface area contributed by atoms with Gasteiger partial charge in [0.2, 0.25) is 5.91 Å². The highest BCUT2D eigenvalue weighted by atomic mass is 35.5. The topological polar surface area (TPSA) is 64.1 Å². The second-order valence-electron chi connectivity index (χ2n) is 6.58. The summed E-state index contributed by atoms with van der Waals surface area (Å²) in [6.45, 7) is 0.312. The van der Waals surface area contributed by atoms with Gasteiger partial charge >= 0.3 is 0 Å². The smallest absolute Gasteiger partial charge is 0.244 e. The number of halogens is 2. The average molecular weight is 410 g/mol. The summed E-state index contributed by atoms with van der Waals surface area (Å²) in [4.78, 5) is 20.5. The van der Waals surface area contributed by atoms with Crippen molar-refractivity contribution in [3.63, 3.8) is 0 Å². The second kappa shape index (κ2) is 8.41. The van der Waals surface area contributed by atoms with Crippen molar-refractivity contribution in [1.82, 2.24) is 15.3 Å². The van der Waals surface area contributed by atoms with E-state index in [1.165, 1.54) is 18.2 Å². The van der Waals surface area contributed by atoms with Gasteiger partial charge in [-0.1, -0.05) is 29.8 Å². The van der Waals surface area contributed by atoms with Crippen molar-refractivity contribution in [3.05, 3.63) is 83.0 Å². The Kier molecular flexibility index (Phi) is 5.53. The summed E-state index contributed by atoms with van der Waals surface area (Å²) < 4.78 is 19.7. The van der Waals surface area contributed by atoms with Gasteiger partial charge in [0.25, 0.3) is 0 Å². The number of nitrogens with zero attached hydrogens (tertiary/aromatic N) is 2. The Labute approximate surface area is 172 Å². The van der Waals surface area contributed by atoms with Crippen molar-refractivity contribution in [2.75, 3.05) is 6.54 Å². The van der Waals surface area contributed by atoms with Crippen LogP contribution in [0, 0.1) is 5.82 Å². The molecule has 3 aromatic rings. The standard InChI is InChI=1S/C22H17ClFN3O2/c23-16-9-15-10-17(29-22(15)18(11-16)20-13-25-7-8-26-20)12-27-21(28)6-5-14-3-1-2-4-19(14)24/h1-9,11,13,17H,10,12H2,(H,27,28). The summed E-state index contributed by atoms with van der Waals surface area (Å²) in [6, 6.07) is 9.92. The first-order valence-corrected chi connectivity index (χ1v) is 9.44. The van der Waals surface area contributed by atoms with Crippen LogP contribution < -0.4 is 10.1 Å². The van der Waals surface area contributed by atoms with Gasteiger partial charge in [-0.15, -0.1) is 0 Å². The maximum Gasteiger partial charge on any atom is 0.244 e. The monoisotopic (exact) mass is 409 g/mol. The van der Waals surface area contributed by atoms with E-state index >= 15 is 0 Å². The fraction of sp³-hybridized carbons (Fsp3) is 0.136. The van der Waals surface area contributed by atoms with Crippen LogP contribution in [-0.4, -0.2) is 28.5 Å². The van der Waals surface area contributed by atoms with Crippen molar-refractivity contribution in [3.8, 4) is 17.0 Å². The van der Waals surface area contributed by atoms with Crippen molar-refractivity contribution in [2.24, 2.45) is 0 Å². The first kappa shape index (κ1) is 19.1. The number of benzene rings is 2. The van der Waals surface area contributed by atoms with Gasteiger partial charge in [0.05, 0.1) is 18.4 Å². The van der Waals surface area contributed by atoms with Gasteiger partial charge in [0.15, 0.2) is 0 Å². The van der Waals surface area contributed by atoms with Gasteiger partial charge in [0.1, 0.15) is 17.7 Å². The molecular formula is C22H17ClFN3O2. The summed E-state index contributed by atoms with van der Waals surface area (Å²) in [5.74, 6) is 0.00980. The van der Waals surface area contributed by atoms with Gasteiger partial charge in [-0.05, 0) is 24.3 Å². The van der Waals surface area contributed by atoms with Crippen LogP contribution in [0.3, 0.4) is 0 Å². The number of fused-ring (bicyclic) bond motifs is 1. The molecule has 146 valence electrons. The van der Waals surface area contributed by atoms with Gasteiger partial charge in [-0.2, -0.15) is 0 Å². The van der Waals surface area contributed by atoms with Crippen LogP contribution in [0.4, 0.5) is 4.39 Å². The van der Waals surface area contributed by atoms with Crippen LogP contribution in [0.25, 0.3) is 17.3 Å². The molecule has 1 atom stereocenters. The Morgan fingerprint density at radius 2 is 2.17 bits per heavy atom. The Morgan fingerprint density at radius 3 is 2.97 bits per heavy atom. The summed E-state index contributed by atoms with van der Waals surface area (Å²) in [7, 11) is 0. The third-order valence-corrected chi connectivity index (χ3v) is 4.74. The number of hydrogen-bond acceptors (Lipinski definition) is 4. The van der Waals surface area contributed by atoms with Crippen LogP contribution in [0.15, 0.2) is 61.1 Å². The molecule has 0 aliphatic carbocycles. The number of carbonyl (C=O) groups is 1. The first-order chi connectivity index (χ1) is 14.1. The van der Waals surface area contributed by atoms with E-state index in [2.05, 4.69) is 15.3 Å². The maximum atomic E-state index is 13.6. The lowest BCUT2D eigenvalue weighted by atomic mass is 10.0. The average Bonchev–Trinajstić information content (AvgIpc) is 3.14. The zero-order valence-corrected chi connectivity index (χ0v) is 16.1. The van der Waals surface area contributed by atoms with Crippen molar-refractivity contribution < 1.29 is 13.9 Å². The third-order valence-electron chi connectivity index (χ3n) is 4.53. The van der Waals surface area contributed by atoms with Gasteiger partial charge in [-0.3, -0.25) is 14.8 Å². The minimum Gasteiger partial charge on any atom is -0.487 e. The number of nitrogens with one attached hydrogen (secondary N) is 1. The number of ether oxygens (including phenoxy) is 1. The fourth-order valence-electron chi connectivity index (χ4n) is 3.19. The Morgan fingerprint density at radius 1 is 1.31 bits per heavy atom. The molecular weight excluding hydrogens is 393 g/mol. The molecule has 0 radical (unpaired) electrons. The number of carbonyl (C=O) groups excluding carboxylic acids is 1. The van der Waals surface area contributed by atoms with Gasteiger partial charge < -0.3 is 10.1 Å². The Balaban J connectivity index is 1.41. The molecule has 1 aliphatic heterocycles. The van der Waals surface area contributed by atoms with E-state index < -0.39 is 0 Å². The maximum absolute atomic E-state index is 13.6. The zero-order valence-electron chi connectivity index (χ0n) is 15.3. The molecule has 7 heteroatoms. The molecule has 1 aliphatic rings. The van der Waals surface area contributed by atoms with Gasteiger partial charge in [-0.25, -0.2) is 4.39 Å². The van der Waals surface area contributed by atoms with E-state index in [1.54, 1.807) is 42.9 Å². The van der Waals surface area contributed by atoms with Crippen LogP contribution >= 0.6 is 11.6 Å². The number of rotatable bonds is 5. The quantitative estimate of drug-likeness (QED) is 0.645. The highest BCUT2D eigenvalue weighted by molar-refractivity contribution is 6.31. The molecule has 4 rings (SSSR count). The summed E-state index contributed by atoms with van der Waals surface area (Å²) in [5, 5.41) is 3.38. The summed E-state index contributed by atoms with van der Waals surface area (Å²) in [6.07, 6.45) is 7.99. The van der Waals surface area contributed by atoms with Crippen molar-refractivity contribution in [1.29, 1.82) is 0 Å². The van der Waals surface area contributed by atoms with E-state index in [4.69, 9.17) is 16.3 Å². The Bertz CT molecular complexity index is 1070. The van der Waals surface area contributed by atoms with Gasteiger partial charge in [0, 0.05) is 46.6 Å². The highest BCUT2D eigenvalue weighted by Crippen LogP contribution is 2.40. The second-order valence-corrected chi connectivity index (χ2v) is 7.01. The van der Waals surface area contributed by atoms with Crippen molar-refractivity contribution >= 4 is 23.6 Å². The summed E-state index contributed by atoms with van der Waals surface area (Å²) in [5.41, 5.74) is 2.76. The predicted molar refractivity (Wildman–Crippen MR) is 109 cm³/mol. The molecule has 29 heavy (non-hydrogen) atoms. The summed E-state index contributed by atoms with van der Waals surface area (Å²) >= 11 is 6.25. The number of aromatic nitrogens is 2. The van der Waals surface area contributed by atoms with Crippen LogP contribution in [0.1, 0.15) is 11.1 Å². The van der Waals surface area contributed by atoms with Crippen LogP contribution in [0.5, 0.6) is 5.75 Å². The van der Waals surface area contributed by atoms with Crippen LogP contribution in [-0.2, 0) is 11.2 Å². The lowest BCUT2D eigenvalue weighted by Crippen LogP contribution is -2.33.